The molecule has 1 amide bonds. The number of ether oxygens (including phenoxy) is 2. The van der Waals surface area contributed by atoms with E-state index in [9.17, 15) is 14.4 Å². The van der Waals surface area contributed by atoms with Crippen LogP contribution in [0.25, 0.3) is 11.0 Å². The number of rotatable bonds is 6. The lowest BCUT2D eigenvalue weighted by molar-refractivity contribution is -0.149. The molecule has 0 unspecified atom stereocenters. The molecule has 1 aliphatic rings. The van der Waals surface area contributed by atoms with Gasteiger partial charge in [0.2, 0.25) is 5.91 Å². The van der Waals surface area contributed by atoms with E-state index in [2.05, 4.69) is 0 Å². The number of para-hydroxylation sites is 2. The van der Waals surface area contributed by atoms with Crippen molar-refractivity contribution in [2.45, 2.75) is 26.4 Å². The number of benzene rings is 2. The molecule has 0 N–H and O–H groups in total. The first-order valence-corrected chi connectivity index (χ1v) is 10.2. The summed E-state index contributed by atoms with van der Waals surface area (Å²) in [7, 11) is 1.54. The predicted octanol–water partition coefficient (Wildman–Crippen LogP) is 3.46. The van der Waals surface area contributed by atoms with Crippen LogP contribution in [0.2, 0.25) is 0 Å². The smallest absolute Gasteiger partial charge is 0.336 e. The van der Waals surface area contributed by atoms with E-state index < -0.39 is 17.5 Å². The Balaban J connectivity index is 1.48. The maximum atomic E-state index is 12.7. The van der Waals surface area contributed by atoms with Crippen molar-refractivity contribution >= 4 is 28.5 Å². The highest BCUT2D eigenvalue weighted by Crippen LogP contribution is 2.33. The normalized spacial score (nSPS) is 16.0. The number of aryl methyl sites for hydroxylation is 1. The first-order chi connectivity index (χ1) is 15.0. The van der Waals surface area contributed by atoms with E-state index in [4.69, 9.17) is 13.9 Å². The molecule has 0 spiro atoms. The van der Waals surface area contributed by atoms with Gasteiger partial charge in [-0.1, -0.05) is 31.2 Å². The summed E-state index contributed by atoms with van der Waals surface area (Å²) in [6, 6.07) is 14.2. The van der Waals surface area contributed by atoms with Gasteiger partial charge in [0.1, 0.15) is 17.9 Å². The molecule has 160 valence electrons. The number of nitrogens with zero attached hydrogens (tertiary/aromatic N) is 1. The Morgan fingerprint density at radius 2 is 1.97 bits per heavy atom. The molecular formula is C24H23NO6. The number of carbonyl (C=O) groups is 2. The Bertz CT molecular complexity index is 1200. The minimum absolute atomic E-state index is 0.0637. The van der Waals surface area contributed by atoms with Crippen molar-refractivity contribution < 1.29 is 23.5 Å². The minimum Gasteiger partial charge on any atom is -0.495 e. The first-order valence-electron chi connectivity index (χ1n) is 10.2. The van der Waals surface area contributed by atoms with Crippen LogP contribution in [0.5, 0.6) is 5.75 Å². The van der Waals surface area contributed by atoms with E-state index in [1.165, 1.54) is 13.2 Å². The Morgan fingerprint density at radius 1 is 1.16 bits per heavy atom. The average Bonchev–Trinajstić information content (AvgIpc) is 3.18. The SMILES string of the molecule is CCc1ccc2c(COC(=O)[C@H]3CC(=O)N(c4ccccc4OC)C3)cc(=O)oc2c1. The van der Waals surface area contributed by atoms with Gasteiger partial charge in [0, 0.05) is 30.0 Å². The van der Waals surface area contributed by atoms with Gasteiger partial charge >= 0.3 is 11.6 Å². The summed E-state index contributed by atoms with van der Waals surface area (Å²) in [5, 5.41) is 0.725. The Labute approximate surface area is 179 Å². The van der Waals surface area contributed by atoms with Crippen LogP contribution < -0.4 is 15.3 Å². The summed E-state index contributed by atoms with van der Waals surface area (Å²) in [6.07, 6.45) is 0.881. The number of hydrogen-bond acceptors (Lipinski definition) is 6. The van der Waals surface area contributed by atoms with Gasteiger partial charge < -0.3 is 18.8 Å². The van der Waals surface area contributed by atoms with Crippen molar-refractivity contribution in [3.8, 4) is 5.75 Å². The van der Waals surface area contributed by atoms with Crippen molar-refractivity contribution in [3.63, 3.8) is 0 Å². The largest absolute Gasteiger partial charge is 0.495 e. The van der Waals surface area contributed by atoms with Crippen LogP contribution in [0.15, 0.2) is 57.7 Å². The molecule has 1 aromatic heterocycles. The Hall–Kier alpha value is -3.61. The van der Waals surface area contributed by atoms with Crippen molar-refractivity contribution in [2.24, 2.45) is 5.92 Å². The highest BCUT2D eigenvalue weighted by atomic mass is 16.5. The van der Waals surface area contributed by atoms with Crippen LogP contribution in [-0.4, -0.2) is 25.5 Å². The molecule has 0 bridgehead atoms. The summed E-state index contributed by atoms with van der Waals surface area (Å²) in [5.74, 6) is -0.657. The zero-order valence-electron chi connectivity index (χ0n) is 17.4. The van der Waals surface area contributed by atoms with Gasteiger partial charge in [0.25, 0.3) is 0 Å². The number of methoxy groups -OCH3 is 1. The van der Waals surface area contributed by atoms with E-state index in [1.54, 1.807) is 17.0 Å². The van der Waals surface area contributed by atoms with Gasteiger partial charge in [0.05, 0.1) is 18.7 Å². The maximum absolute atomic E-state index is 12.7. The lowest BCUT2D eigenvalue weighted by Crippen LogP contribution is -2.26. The van der Waals surface area contributed by atoms with Crippen LogP contribution in [0.1, 0.15) is 24.5 Å². The van der Waals surface area contributed by atoms with E-state index in [0.29, 0.717) is 22.6 Å². The molecule has 0 saturated carbocycles. The van der Waals surface area contributed by atoms with Crippen molar-refractivity contribution in [1.82, 2.24) is 0 Å². The summed E-state index contributed by atoms with van der Waals surface area (Å²) in [4.78, 5) is 38.7. The van der Waals surface area contributed by atoms with Crippen LogP contribution in [-0.2, 0) is 27.4 Å². The monoisotopic (exact) mass is 421 g/mol. The molecule has 2 aromatic carbocycles. The Kier molecular flexibility index (Phi) is 5.75. The van der Waals surface area contributed by atoms with Crippen molar-refractivity contribution in [3.05, 3.63) is 70.1 Å². The molecule has 1 saturated heterocycles. The molecule has 4 rings (SSSR count). The number of hydrogen-bond donors (Lipinski definition) is 0. The topological polar surface area (TPSA) is 86.0 Å². The standard InChI is InChI=1S/C24H23NO6/c1-3-15-8-9-18-17(12-23(27)31-21(18)10-15)14-30-24(28)16-11-22(26)25(13-16)19-6-4-5-7-20(19)29-2/h4-10,12,16H,3,11,13-14H2,1-2H3/t16-/m0/s1. The summed E-state index contributed by atoms with van der Waals surface area (Å²) in [5.41, 5.74) is 2.23. The van der Waals surface area contributed by atoms with Gasteiger partial charge in [-0.25, -0.2) is 4.79 Å². The zero-order valence-corrected chi connectivity index (χ0v) is 17.4. The Morgan fingerprint density at radius 3 is 2.74 bits per heavy atom. The maximum Gasteiger partial charge on any atom is 0.336 e. The first kappa shape index (κ1) is 20.7. The fraction of sp³-hybridized carbons (Fsp3) is 0.292. The van der Waals surface area contributed by atoms with Crippen LogP contribution in [0, 0.1) is 5.92 Å². The molecule has 2 heterocycles. The molecule has 7 heteroatoms. The number of carbonyl (C=O) groups excluding carboxylic acids is 2. The van der Waals surface area contributed by atoms with Gasteiger partial charge in [-0.05, 0) is 30.2 Å². The summed E-state index contributed by atoms with van der Waals surface area (Å²) >= 11 is 0. The third-order valence-electron chi connectivity index (χ3n) is 5.51. The number of amides is 1. The predicted molar refractivity (Wildman–Crippen MR) is 115 cm³/mol. The quantitative estimate of drug-likeness (QED) is 0.448. The fourth-order valence-corrected chi connectivity index (χ4v) is 3.83. The molecule has 0 aliphatic carbocycles. The molecule has 0 radical (unpaired) electrons. The highest BCUT2D eigenvalue weighted by Gasteiger charge is 2.37. The number of fused-ring (bicyclic) bond motifs is 1. The number of esters is 1. The van der Waals surface area contributed by atoms with Crippen molar-refractivity contribution in [2.75, 3.05) is 18.6 Å². The second-order valence-electron chi connectivity index (χ2n) is 7.46. The molecule has 31 heavy (non-hydrogen) atoms. The lowest BCUT2D eigenvalue weighted by Gasteiger charge is -2.19. The van der Waals surface area contributed by atoms with E-state index in [0.717, 1.165) is 17.4 Å². The van der Waals surface area contributed by atoms with E-state index in [-0.39, 0.29) is 25.5 Å². The van der Waals surface area contributed by atoms with Crippen LogP contribution >= 0.6 is 0 Å². The molecular weight excluding hydrogens is 398 g/mol. The molecule has 1 fully saturated rings. The van der Waals surface area contributed by atoms with Gasteiger partial charge in [-0.15, -0.1) is 0 Å². The minimum atomic E-state index is -0.588. The third-order valence-corrected chi connectivity index (χ3v) is 5.51. The van der Waals surface area contributed by atoms with Crippen molar-refractivity contribution in [1.29, 1.82) is 0 Å². The zero-order chi connectivity index (χ0) is 22.0. The summed E-state index contributed by atoms with van der Waals surface area (Å²) < 4.78 is 16.1. The van der Waals surface area contributed by atoms with Crippen LogP contribution in [0.3, 0.4) is 0 Å². The summed E-state index contributed by atoms with van der Waals surface area (Å²) in [6.45, 7) is 2.17. The van der Waals surface area contributed by atoms with E-state index >= 15 is 0 Å². The van der Waals surface area contributed by atoms with Crippen LogP contribution in [0.4, 0.5) is 5.69 Å². The second-order valence-corrected chi connectivity index (χ2v) is 7.46. The average molecular weight is 421 g/mol. The lowest BCUT2D eigenvalue weighted by atomic mass is 10.1. The highest BCUT2D eigenvalue weighted by molar-refractivity contribution is 6.00. The van der Waals surface area contributed by atoms with Gasteiger partial charge in [-0.2, -0.15) is 0 Å². The fourth-order valence-electron chi connectivity index (χ4n) is 3.83. The number of anilines is 1. The van der Waals surface area contributed by atoms with Gasteiger partial charge in [0.15, 0.2) is 0 Å². The molecule has 1 aliphatic heterocycles. The molecule has 7 nitrogen and oxygen atoms in total. The molecule has 3 aromatic rings. The third kappa shape index (κ3) is 4.17. The van der Waals surface area contributed by atoms with E-state index in [1.807, 2.05) is 37.3 Å². The second kappa shape index (κ2) is 8.63. The molecule has 1 atom stereocenters. The van der Waals surface area contributed by atoms with Gasteiger partial charge in [-0.3, -0.25) is 9.59 Å².